The van der Waals surface area contributed by atoms with Crippen molar-refractivity contribution in [3.05, 3.63) is 65.2 Å². The zero-order chi connectivity index (χ0) is 12.4. The topological polar surface area (TPSA) is 12.0 Å². The monoisotopic (exact) mass is 255 g/mol. The number of benzene rings is 2. The van der Waals surface area contributed by atoms with Gasteiger partial charge in [0, 0.05) is 17.2 Å². The van der Waals surface area contributed by atoms with Crippen LogP contribution >= 0.6 is 11.8 Å². The Balaban J connectivity index is 2.03. The Hall–Kier alpha value is -1.25. The summed E-state index contributed by atoms with van der Waals surface area (Å²) in [5.41, 5.74) is 4.08. The lowest BCUT2D eigenvalue weighted by Gasteiger charge is -2.19. The summed E-state index contributed by atoms with van der Waals surface area (Å²) in [4.78, 5) is 1.41. The highest BCUT2D eigenvalue weighted by Crippen LogP contribution is 2.33. The Morgan fingerprint density at radius 2 is 1.83 bits per heavy atom. The second kappa shape index (κ2) is 5.17. The highest BCUT2D eigenvalue weighted by atomic mass is 32.2. The van der Waals surface area contributed by atoms with E-state index in [2.05, 4.69) is 60.8 Å². The predicted octanol–water partition coefficient (Wildman–Crippen LogP) is 3.78. The Morgan fingerprint density at radius 1 is 1.06 bits per heavy atom. The summed E-state index contributed by atoms with van der Waals surface area (Å²) < 4.78 is 0. The van der Waals surface area contributed by atoms with Gasteiger partial charge in [-0.2, -0.15) is 0 Å². The van der Waals surface area contributed by atoms with Crippen LogP contribution in [0.15, 0.2) is 53.4 Å². The molecule has 2 aromatic rings. The predicted molar refractivity (Wildman–Crippen MR) is 78.2 cm³/mol. The van der Waals surface area contributed by atoms with Crippen molar-refractivity contribution in [3.63, 3.8) is 0 Å². The van der Waals surface area contributed by atoms with Gasteiger partial charge in [-0.1, -0.05) is 48.0 Å². The molecule has 0 radical (unpaired) electrons. The molecule has 0 saturated heterocycles. The lowest BCUT2D eigenvalue weighted by atomic mass is 9.98. The third kappa shape index (κ3) is 2.31. The molecule has 1 unspecified atom stereocenters. The molecule has 0 amide bonds. The zero-order valence-electron chi connectivity index (χ0n) is 10.5. The van der Waals surface area contributed by atoms with Gasteiger partial charge >= 0.3 is 0 Å². The van der Waals surface area contributed by atoms with Gasteiger partial charge in [-0.25, -0.2) is 0 Å². The lowest BCUT2D eigenvalue weighted by Crippen LogP contribution is -2.23. The van der Waals surface area contributed by atoms with Crippen molar-refractivity contribution in [2.45, 2.75) is 17.9 Å². The highest BCUT2D eigenvalue weighted by Gasteiger charge is 2.19. The zero-order valence-corrected chi connectivity index (χ0v) is 11.3. The second-order valence-corrected chi connectivity index (χ2v) is 5.82. The molecule has 1 N–H and O–H groups in total. The van der Waals surface area contributed by atoms with Gasteiger partial charge in [-0.15, -0.1) is 11.8 Å². The van der Waals surface area contributed by atoms with Crippen LogP contribution in [0.3, 0.4) is 0 Å². The van der Waals surface area contributed by atoms with Gasteiger partial charge < -0.3 is 5.32 Å². The van der Waals surface area contributed by atoms with Gasteiger partial charge in [-0.3, -0.25) is 0 Å². The first kappa shape index (κ1) is 11.8. The van der Waals surface area contributed by atoms with Gasteiger partial charge in [0.25, 0.3) is 0 Å². The Morgan fingerprint density at radius 3 is 2.67 bits per heavy atom. The molecule has 0 bridgehead atoms. The van der Waals surface area contributed by atoms with Crippen LogP contribution in [0.1, 0.15) is 22.7 Å². The molecular formula is C16H17NS. The van der Waals surface area contributed by atoms with Crippen LogP contribution in [-0.4, -0.2) is 12.3 Å². The minimum Gasteiger partial charge on any atom is -0.305 e. The molecule has 92 valence electrons. The Labute approximate surface area is 113 Å². The smallest absolute Gasteiger partial charge is 0.0588 e. The first-order chi connectivity index (χ1) is 8.84. The maximum atomic E-state index is 3.65. The van der Waals surface area contributed by atoms with Crippen LogP contribution in [0, 0.1) is 6.92 Å². The van der Waals surface area contributed by atoms with Crippen molar-refractivity contribution < 1.29 is 0 Å². The first-order valence-corrected chi connectivity index (χ1v) is 7.35. The van der Waals surface area contributed by atoms with E-state index >= 15 is 0 Å². The lowest BCUT2D eigenvalue weighted by molar-refractivity contribution is 0.632. The van der Waals surface area contributed by atoms with E-state index in [1.54, 1.807) is 0 Å². The summed E-state index contributed by atoms with van der Waals surface area (Å²) in [5, 5.41) is 3.65. The minimum atomic E-state index is 0.330. The molecule has 0 aromatic heterocycles. The summed E-state index contributed by atoms with van der Waals surface area (Å²) in [5.74, 6) is 1.14. The number of nitrogens with one attached hydrogen (secondary N) is 1. The number of fused-ring (bicyclic) bond motifs is 1. The third-order valence-electron chi connectivity index (χ3n) is 3.35. The number of rotatable bonds is 1. The molecule has 1 aliphatic heterocycles. The van der Waals surface area contributed by atoms with Crippen LogP contribution in [0.2, 0.25) is 0 Å². The summed E-state index contributed by atoms with van der Waals surface area (Å²) >= 11 is 1.95. The molecule has 1 atom stereocenters. The first-order valence-electron chi connectivity index (χ1n) is 6.36. The fraction of sp³-hybridized carbons (Fsp3) is 0.250. The highest BCUT2D eigenvalue weighted by molar-refractivity contribution is 7.99. The van der Waals surface area contributed by atoms with Crippen molar-refractivity contribution in [2.24, 2.45) is 0 Å². The van der Waals surface area contributed by atoms with Crippen LogP contribution in [0.5, 0.6) is 0 Å². The molecule has 1 aliphatic rings. The summed E-state index contributed by atoms with van der Waals surface area (Å²) in [6.45, 7) is 3.19. The van der Waals surface area contributed by atoms with Crippen molar-refractivity contribution in [2.75, 3.05) is 12.3 Å². The maximum absolute atomic E-state index is 3.65. The SMILES string of the molecule is Cc1ccc(C2NCCSc3ccccc32)cc1. The van der Waals surface area contributed by atoms with E-state index in [0.29, 0.717) is 6.04 Å². The van der Waals surface area contributed by atoms with Crippen molar-refractivity contribution in [3.8, 4) is 0 Å². The summed E-state index contributed by atoms with van der Waals surface area (Å²) in [7, 11) is 0. The number of hydrogen-bond donors (Lipinski definition) is 1. The van der Waals surface area contributed by atoms with Gasteiger partial charge in [0.15, 0.2) is 0 Å². The molecule has 0 fully saturated rings. The van der Waals surface area contributed by atoms with E-state index in [-0.39, 0.29) is 0 Å². The van der Waals surface area contributed by atoms with Gasteiger partial charge in [0.2, 0.25) is 0 Å². The second-order valence-electron chi connectivity index (χ2n) is 4.68. The minimum absolute atomic E-state index is 0.330. The van der Waals surface area contributed by atoms with Crippen LogP contribution < -0.4 is 5.32 Å². The Bertz CT molecular complexity index is 533. The average molecular weight is 255 g/mol. The standard InChI is InChI=1S/C16H17NS/c1-12-6-8-13(9-7-12)16-14-4-2-3-5-15(14)18-11-10-17-16/h2-9,16-17H,10-11H2,1H3. The number of aryl methyl sites for hydroxylation is 1. The largest absolute Gasteiger partial charge is 0.305 e. The van der Waals surface area contributed by atoms with E-state index < -0.39 is 0 Å². The van der Waals surface area contributed by atoms with Crippen LogP contribution in [0.4, 0.5) is 0 Å². The molecule has 2 heteroatoms. The van der Waals surface area contributed by atoms with Crippen molar-refractivity contribution in [1.82, 2.24) is 5.32 Å². The molecule has 0 spiro atoms. The van der Waals surface area contributed by atoms with E-state index in [1.165, 1.54) is 21.6 Å². The van der Waals surface area contributed by atoms with E-state index in [9.17, 15) is 0 Å². The average Bonchev–Trinajstić information content (AvgIpc) is 2.62. The van der Waals surface area contributed by atoms with Gasteiger partial charge in [-0.05, 0) is 24.1 Å². The quantitative estimate of drug-likeness (QED) is 0.832. The summed E-state index contributed by atoms with van der Waals surface area (Å²) in [6, 6.07) is 17.9. The van der Waals surface area contributed by atoms with Gasteiger partial charge in [0.1, 0.15) is 0 Å². The number of hydrogen-bond acceptors (Lipinski definition) is 2. The van der Waals surface area contributed by atoms with Crippen LogP contribution in [-0.2, 0) is 0 Å². The van der Waals surface area contributed by atoms with Crippen LogP contribution in [0.25, 0.3) is 0 Å². The van der Waals surface area contributed by atoms with Crippen molar-refractivity contribution in [1.29, 1.82) is 0 Å². The van der Waals surface area contributed by atoms with Gasteiger partial charge in [0.05, 0.1) is 6.04 Å². The number of thioether (sulfide) groups is 1. The molecule has 0 saturated carbocycles. The molecule has 1 heterocycles. The summed E-state index contributed by atoms with van der Waals surface area (Å²) in [6.07, 6.45) is 0. The fourth-order valence-electron chi connectivity index (χ4n) is 2.38. The van der Waals surface area contributed by atoms with E-state index in [4.69, 9.17) is 0 Å². The molecule has 18 heavy (non-hydrogen) atoms. The Kier molecular flexibility index (Phi) is 3.39. The van der Waals surface area contributed by atoms with E-state index in [1.807, 2.05) is 11.8 Å². The fourth-order valence-corrected chi connectivity index (χ4v) is 3.35. The molecule has 0 aliphatic carbocycles. The molecule has 3 rings (SSSR count). The molecular weight excluding hydrogens is 238 g/mol. The normalized spacial score (nSPS) is 19.1. The molecule has 2 aromatic carbocycles. The third-order valence-corrected chi connectivity index (χ3v) is 4.44. The molecule has 1 nitrogen and oxygen atoms in total. The maximum Gasteiger partial charge on any atom is 0.0588 e. The van der Waals surface area contributed by atoms with E-state index in [0.717, 1.165) is 12.3 Å². The van der Waals surface area contributed by atoms with Crippen molar-refractivity contribution >= 4 is 11.8 Å².